The van der Waals surface area contributed by atoms with Crippen LogP contribution in [-0.2, 0) is 28.9 Å². The minimum absolute atomic E-state index is 0.258. The third kappa shape index (κ3) is 42.6. The Bertz CT molecular complexity index is 1400. The molecular weight excluding hydrogens is 955 g/mol. The number of unbranched alkanes of at least 4 members (excludes halogenated alkanes) is 41. The molecule has 0 bridgehead atoms. The van der Waals surface area contributed by atoms with Gasteiger partial charge in [0.2, 0.25) is 5.91 Å². The molecule has 0 aromatic carbocycles. The molecule has 1 rings (SSSR count). The highest BCUT2D eigenvalue weighted by Gasteiger charge is 2.48. The van der Waals surface area contributed by atoms with Crippen molar-refractivity contribution in [3.8, 4) is 0 Å². The molecule has 12 nitrogen and oxygen atoms in total. The molecule has 1 heterocycles. The summed E-state index contributed by atoms with van der Waals surface area (Å²) in [6.07, 6.45) is 55.2. The van der Waals surface area contributed by atoms with Gasteiger partial charge in [-0.2, -0.15) is 8.42 Å². The van der Waals surface area contributed by atoms with Crippen LogP contribution in [0.1, 0.15) is 303 Å². The van der Waals surface area contributed by atoms with Crippen molar-refractivity contribution in [3.63, 3.8) is 0 Å². The highest BCUT2D eigenvalue weighted by molar-refractivity contribution is 7.80. The number of hydrogen-bond acceptors (Lipinski definition) is 10. The molecule has 1 amide bonds. The van der Waals surface area contributed by atoms with Gasteiger partial charge in [0.15, 0.2) is 6.29 Å². The second-order valence-corrected chi connectivity index (χ2v) is 23.0. The first-order valence-corrected chi connectivity index (χ1v) is 32.6. The monoisotopic (exact) mass is 1070 g/mol. The maximum atomic E-state index is 13.2. The predicted octanol–water partition coefficient (Wildman–Crippen LogP) is 15.2. The van der Waals surface area contributed by atoms with Crippen LogP contribution in [0.15, 0.2) is 24.3 Å². The first-order chi connectivity index (χ1) is 36.0. The molecule has 1 fully saturated rings. The number of aliphatic hydroxyl groups excluding tert-OH is 4. The van der Waals surface area contributed by atoms with Crippen LogP contribution in [0.4, 0.5) is 0 Å². The molecule has 0 saturated carbocycles. The summed E-state index contributed by atoms with van der Waals surface area (Å²) in [5.41, 5.74) is 0. The van der Waals surface area contributed by atoms with Gasteiger partial charge in [-0.1, -0.05) is 276 Å². The Morgan fingerprint density at radius 2 is 0.865 bits per heavy atom. The van der Waals surface area contributed by atoms with E-state index in [4.69, 9.17) is 9.47 Å². The highest BCUT2D eigenvalue weighted by Crippen LogP contribution is 2.26. The largest absolute Gasteiger partial charge is 0.397 e. The topological polar surface area (TPSA) is 192 Å². The van der Waals surface area contributed by atoms with E-state index in [2.05, 4.69) is 35.5 Å². The summed E-state index contributed by atoms with van der Waals surface area (Å²) in [5, 5.41) is 45.0. The smallest absolute Gasteiger partial charge is 0.394 e. The summed E-state index contributed by atoms with van der Waals surface area (Å²) < 4.78 is 47.9. The zero-order chi connectivity index (χ0) is 54.0. The van der Waals surface area contributed by atoms with Crippen LogP contribution < -0.4 is 5.32 Å². The summed E-state index contributed by atoms with van der Waals surface area (Å²) in [6.45, 7) is 3.44. The number of hydrogen-bond donors (Lipinski definition) is 6. The van der Waals surface area contributed by atoms with E-state index in [-0.39, 0.29) is 18.9 Å². The summed E-state index contributed by atoms with van der Waals surface area (Å²) in [5.74, 6) is -0.258. The van der Waals surface area contributed by atoms with Crippen LogP contribution in [0.3, 0.4) is 0 Å². The average Bonchev–Trinajstić information content (AvgIpc) is 3.38. The molecule has 0 aromatic heterocycles. The fourth-order valence-electron chi connectivity index (χ4n) is 10.2. The van der Waals surface area contributed by atoms with Crippen LogP contribution in [0.2, 0.25) is 0 Å². The quantitative estimate of drug-likeness (QED) is 0.0193. The second kappa shape index (κ2) is 51.0. The van der Waals surface area contributed by atoms with Gasteiger partial charge in [-0.05, 0) is 44.9 Å². The SMILES string of the molecule is CCCCCCCCCCCCCC/C=C\CCCCCCCCCCCCCCCC(=O)NC(COC1OC(CO)C(O)C(OS(=O)(=O)O)C1O)C(O)/C=C/CCCCCCCCCCCCCCCCCC. The molecule has 74 heavy (non-hydrogen) atoms. The van der Waals surface area contributed by atoms with Gasteiger partial charge in [0.05, 0.1) is 25.4 Å². The van der Waals surface area contributed by atoms with Crippen LogP contribution >= 0.6 is 0 Å². The van der Waals surface area contributed by atoms with Crippen molar-refractivity contribution in [1.29, 1.82) is 0 Å². The van der Waals surface area contributed by atoms with Gasteiger partial charge < -0.3 is 35.2 Å². The number of carbonyl (C=O) groups is 1. The lowest BCUT2D eigenvalue weighted by atomic mass is 9.99. The van der Waals surface area contributed by atoms with E-state index in [0.29, 0.717) is 6.42 Å². The number of amides is 1. The average molecular weight is 1070 g/mol. The summed E-state index contributed by atoms with van der Waals surface area (Å²) >= 11 is 0. The molecule has 1 aliphatic rings. The Morgan fingerprint density at radius 3 is 1.22 bits per heavy atom. The van der Waals surface area contributed by atoms with Crippen molar-refractivity contribution in [1.82, 2.24) is 5.32 Å². The molecule has 7 unspecified atom stereocenters. The lowest BCUT2D eigenvalue weighted by Crippen LogP contribution is -2.61. The Hall–Kier alpha value is -1.42. The molecule has 1 saturated heterocycles. The van der Waals surface area contributed by atoms with Gasteiger partial charge in [-0.15, -0.1) is 0 Å². The predicted molar refractivity (Wildman–Crippen MR) is 305 cm³/mol. The van der Waals surface area contributed by atoms with E-state index < -0.39 is 59.9 Å². The number of ether oxygens (including phenoxy) is 2. The third-order valence-electron chi connectivity index (χ3n) is 15.0. The summed E-state index contributed by atoms with van der Waals surface area (Å²) in [4.78, 5) is 13.2. The van der Waals surface area contributed by atoms with Crippen molar-refractivity contribution in [3.05, 3.63) is 24.3 Å². The zero-order valence-corrected chi connectivity index (χ0v) is 48.5. The van der Waals surface area contributed by atoms with Crippen LogP contribution in [0, 0.1) is 0 Å². The Labute approximate surface area is 454 Å². The van der Waals surface area contributed by atoms with Gasteiger partial charge in [-0.3, -0.25) is 9.35 Å². The molecule has 438 valence electrons. The molecule has 0 radical (unpaired) electrons. The van der Waals surface area contributed by atoms with Crippen molar-refractivity contribution in [2.75, 3.05) is 13.2 Å². The number of allylic oxidation sites excluding steroid dienone is 3. The van der Waals surface area contributed by atoms with Gasteiger partial charge in [-0.25, -0.2) is 4.18 Å². The maximum absolute atomic E-state index is 13.2. The fourth-order valence-corrected chi connectivity index (χ4v) is 10.7. The lowest BCUT2D eigenvalue weighted by molar-refractivity contribution is -0.298. The molecule has 0 spiro atoms. The van der Waals surface area contributed by atoms with Crippen LogP contribution in [-0.4, -0.2) is 95.4 Å². The minimum atomic E-state index is -5.09. The van der Waals surface area contributed by atoms with Crippen molar-refractivity contribution in [2.24, 2.45) is 0 Å². The molecule has 13 heteroatoms. The zero-order valence-electron chi connectivity index (χ0n) is 47.7. The first kappa shape index (κ1) is 70.6. The van der Waals surface area contributed by atoms with E-state index in [1.165, 1.54) is 238 Å². The third-order valence-corrected chi connectivity index (χ3v) is 15.4. The number of rotatable bonds is 55. The summed E-state index contributed by atoms with van der Waals surface area (Å²) in [6, 6.07) is -0.943. The summed E-state index contributed by atoms with van der Waals surface area (Å²) in [7, 11) is -5.09. The van der Waals surface area contributed by atoms with E-state index in [9.17, 15) is 38.2 Å². The van der Waals surface area contributed by atoms with Crippen molar-refractivity contribution in [2.45, 2.75) is 346 Å². The molecule has 6 N–H and O–H groups in total. The molecule has 7 atom stereocenters. The van der Waals surface area contributed by atoms with Gasteiger partial charge in [0.1, 0.15) is 24.4 Å². The number of aliphatic hydroxyl groups is 4. The van der Waals surface area contributed by atoms with Gasteiger partial charge >= 0.3 is 10.4 Å². The lowest BCUT2D eigenvalue weighted by Gasteiger charge is -2.41. The van der Waals surface area contributed by atoms with Gasteiger partial charge in [0, 0.05) is 6.42 Å². The normalized spacial score (nSPS) is 19.3. The number of nitrogens with one attached hydrogen (secondary N) is 1. The minimum Gasteiger partial charge on any atom is -0.394 e. The van der Waals surface area contributed by atoms with E-state index in [1.54, 1.807) is 6.08 Å². The van der Waals surface area contributed by atoms with Crippen molar-refractivity contribution >= 4 is 16.3 Å². The molecule has 1 aliphatic heterocycles. The van der Waals surface area contributed by atoms with E-state index >= 15 is 0 Å². The standard InChI is InChI=1S/C61H117NO11S/c1-3-5-7-9-11-13-15-17-19-21-23-24-25-26-27-28-29-30-31-32-33-35-37-39-41-43-45-47-49-51-57(65)62-54(53-71-61-59(67)60(73-74(68,69)70)58(66)56(52-63)72-61)55(64)50-48-46-44-42-40-38-36-34-22-20-18-16-14-12-10-8-6-4-2/h26-27,48,50,54-56,58-61,63-64,66-67H,3-25,28-47,49,51-53H2,1-2H3,(H,62,65)(H,68,69,70)/b27-26-,50-48+. The van der Waals surface area contributed by atoms with Crippen molar-refractivity contribution < 1.29 is 51.8 Å². The van der Waals surface area contributed by atoms with Crippen LogP contribution in [0.25, 0.3) is 0 Å². The second-order valence-electron chi connectivity index (χ2n) is 22.0. The van der Waals surface area contributed by atoms with E-state index in [0.717, 1.165) is 38.5 Å². The molecule has 0 aromatic rings. The fraction of sp³-hybridized carbons (Fsp3) is 0.918. The Kier molecular flexibility index (Phi) is 48.7. The number of carbonyl (C=O) groups excluding carboxylic acids is 1. The van der Waals surface area contributed by atoms with E-state index in [1.807, 2.05) is 6.08 Å². The molecular formula is C61H117NO11S. The maximum Gasteiger partial charge on any atom is 0.397 e. The Balaban J connectivity index is 2.29. The van der Waals surface area contributed by atoms with Gasteiger partial charge in [0.25, 0.3) is 0 Å². The van der Waals surface area contributed by atoms with Crippen LogP contribution in [0.5, 0.6) is 0 Å². The molecule has 0 aliphatic carbocycles. The first-order valence-electron chi connectivity index (χ1n) is 31.2. The highest BCUT2D eigenvalue weighted by atomic mass is 32.3. The Morgan fingerprint density at radius 1 is 0.527 bits per heavy atom.